The van der Waals surface area contributed by atoms with Crippen molar-refractivity contribution < 1.29 is 13.2 Å². The summed E-state index contributed by atoms with van der Waals surface area (Å²) in [4.78, 5) is 13.3. The lowest BCUT2D eigenvalue weighted by molar-refractivity contribution is -0.138. The van der Waals surface area contributed by atoms with Gasteiger partial charge in [-0.2, -0.15) is 13.2 Å². The molecule has 1 rings (SSSR count). The van der Waals surface area contributed by atoms with Gasteiger partial charge in [0.25, 0.3) is 0 Å². The van der Waals surface area contributed by atoms with Crippen molar-refractivity contribution in [3.63, 3.8) is 0 Å². The van der Waals surface area contributed by atoms with Crippen LogP contribution in [0.25, 0.3) is 0 Å². The predicted molar refractivity (Wildman–Crippen MR) is 39.4 cm³/mol. The molecule has 0 N–H and O–H groups in total. The van der Waals surface area contributed by atoms with Crippen LogP contribution in [-0.4, -0.2) is 4.98 Å². The van der Waals surface area contributed by atoms with Gasteiger partial charge in [0.05, 0.1) is 11.8 Å². The number of hydrogen-bond acceptors (Lipinski definition) is 3. The van der Waals surface area contributed by atoms with Crippen LogP contribution in [-0.2, 0) is 6.18 Å². The Morgan fingerprint density at radius 2 is 2.08 bits per heavy atom. The Morgan fingerprint density at radius 3 is 2.54 bits per heavy atom. The SMILES string of the molecule is Cc1ncc(N=O)cc1C(F)(F)F. The Kier molecular flexibility index (Phi) is 2.31. The fourth-order valence-corrected chi connectivity index (χ4v) is 0.859. The Balaban J connectivity index is 3.27. The van der Waals surface area contributed by atoms with Crippen LogP contribution in [0.15, 0.2) is 17.4 Å². The van der Waals surface area contributed by atoms with E-state index in [1.165, 1.54) is 6.92 Å². The van der Waals surface area contributed by atoms with E-state index in [4.69, 9.17) is 0 Å². The Hall–Kier alpha value is -1.46. The lowest BCUT2D eigenvalue weighted by atomic mass is 10.2. The van der Waals surface area contributed by atoms with Gasteiger partial charge in [-0.05, 0) is 18.2 Å². The van der Waals surface area contributed by atoms with Crippen molar-refractivity contribution in [2.75, 3.05) is 0 Å². The number of alkyl halides is 3. The minimum absolute atomic E-state index is 0.167. The lowest BCUT2D eigenvalue weighted by Gasteiger charge is -2.08. The van der Waals surface area contributed by atoms with E-state index in [1.807, 2.05) is 0 Å². The van der Waals surface area contributed by atoms with Gasteiger partial charge in [0, 0.05) is 5.69 Å². The van der Waals surface area contributed by atoms with Crippen LogP contribution in [0.5, 0.6) is 0 Å². The van der Waals surface area contributed by atoms with Crippen molar-refractivity contribution in [3.05, 3.63) is 28.4 Å². The molecule has 1 heterocycles. The normalized spacial score (nSPS) is 11.4. The first-order valence-electron chi connectivity index (χ1n) is 3.32. The Morgan fingerprint density at radius 1 is 1.46 bits per heavy atom. The van der Waals surface area contributed by atoms with Crippen LogP contribution in [0.1, 0.15) is 11.3 Å². The zero-order valence-electron chi connectivity index (χ0n) is 6.59. The molecule has 0 bridgehead atoms. The number of pyridine rings is 1. The quantitative estimate of drug-likeness (QED) is 0.639. The second kappa shape index (κ2) is 3.12. The summed E-state index contributed by atoms with van der Waals surface area (Å²) in [5.74, 6) is 0. The molecule has 0 saturated carbocycles. The maximum Gasteiger partial charge on any atom is 0.418 e. The van der Waals surface area contributed by atoms with E-state index in [9.17, 15) is 18.1 Å². The monoisotopic (exact) mass is 190 g/mol. The highest BCUT2D eigenvalue weighted by molar-refractivity contribution is 5.40. The molecule has 0 atom stereocenters. The summed E-state index contributed by atoms with van der Waals surface area (Å²) in [5, 5.41) is 2.37. The van der Waals surface area contributed by atoms with Gasteiger partial charge >= 0.3 is 6.18 Å². The molecule has 1 aromatic heterocycles. The highest BCUT2D eigenvalue weighted by Gasteiger charge is 2.33. The summed E-state index contributed by atoms with van der Waals surface area (Å²) in [6, 6.07) is 0.676. The summed E-state index contributed by atoms with van der Waals surface area (Å²) in [6.07, 6.45) is -3.49. The largest absolute Gasteiger partial charge is 0.418 e. The molecule has 0 radical (unpaired) electrons. The second-order valence-electron chi connectivity index (χ2n) is 2.42. The summed E-state index contributed by atoms with van der Waals surface area (Å²) in [7, 11) is 0. The smallest absolute Gasteiger partial charge is 0.259 e. The van der Waals surface area contributed by atoms with Crippen LogP contribution >= 0.6 is 0 Å². The van der Waals surface area contributed by atoms with E-state index in [-0.39, 0.29) is 11.4 Å². The van der Waals surface area contributed by atoms with Crippen LogP contribution in [0.4, 0.5) is 18.9 Å². The van der Waals surface area contributed by atoms with Crippen LogP contribution in [0.2, 0.25) is 0 Å². The highest BCUT2D eigenvalue weighted by atomic mass is 19.4. The molecule has 0 aliphatic carbocycles. The first kappa shape index (κ1) is 9.63. The number of nitroso groups, excluding NO2 is 1. The third-order valence-corrected chi connectivity index (χ3v) is 1.48. The zero-order chi connectivity index (χ0) is 10.1. The standard InChI is InChI=1S/C7H5F3N2O/c1-4-6(7(8,9)10)2-5(12-13)3-11-4/h2-3H,1H3. The van der Waals surface area contributed by atoms with Crippen molar-refractivity contribution in [3.8, 4) is 0 Å². The average molecular weight is 190 g/mol. The van der Waals surface area contributed by atoms with Gasteiger partial charge in [-0.3, -0.25) is 4.98 Å². The van der Waals surface area contributed by atoms with Crippen LogP contribution in [0.3, 0.4) is 0 Å². The maximum atomic E-state index is 12.2. The van der Waals surface area contributed by atoms with Gasteiger partial charge in [-0.25, -0.2) is 0 Å². The number of aryl methyl sites for hydroxylation is 1. The van der Waals surface area contributed by atoms with E-state index >= 15 is 0 Å². The van der Waals surface area contributed by atoms with E-state index in [0.29, 0.717) is 6.07 Å². The Labute approximate surface area is 71.6 Å². The number of rotatable bonds is 1. The Bertz CT molecular complexity index is 335. The van der Waals surface area contributed by atoms with E-state index in [0.717, 1.165) is 6.20 Å². The molecule has 0 aliphatic heterocycles. The number of nitrogens with zero attached hydrogens (tertiary/aromatic N) is 2. The molecule has 13 heavy (non-hydrogen) atoms. The molecular formula is C7H5F3N2O. The van der Waals surface area contributed by atoms with Crippen molar-refractivity contribution in [1.29, 1.82) is 0 Å². The molecule has 0 unspecified atom stereocenters. The summed E-state index contributed by atoms with van der Waals surface area (Å²) < 4.78 is 36.5. The fourth-order valence-electron chi connectivity index (χ4n) is 0.859. The van der Waals surface area contributed by atoms with Crippen molar-refractivity contribution in [2.24, 2.45) is 5.18 Å². The zero-order valence-corrected chi connectivity index (χ0v) is 6.59. The summed E-state index contributed by atoms with van der Waals surface area (Å²) in [5.41, 5.74) is -1.41. The maximum absolute atomic E-state index is 12.2. The topological polar surface area (TPSA) is 42.3 Å². The molecule has 0 amide bonds. The third-order valence-electron chi connectivity index (χ3n) is 1.48. The third kappa shape index (κ3) is 2.01. The van der Waals surface area contributed by atoms with Crippen LogP contribution in [0, 0.1) is 11.8 Å². The predicted octanol–water partition coefficient (Wildman–Crippen LogP) is 2.81. The van der Waals surface area contributed by atoms with Gasteiger partial charge in [0.1, 0.15) is 5.69 Å². The highest BCUT2D eigenvalue weighted by Crippen LogP contribution is 2.32. The molecular weight excluding hydrogens is 185 g/mol. The number of aromatic nitrogens is 1. The summed E-state index contributed by atoms with van der Waals surface area (Å²) >= 11 is 0. The molecule has 70 valence electrons. The van der Waals surface area contributed by atoms with Crippen molar-refractivity contribution >= 4 is 5.69 Å². The average Bonchev–Trinajstić information content (AvgIpc) is 2.03. The minimum Gasteiger partial charge on any atom is -0.259 e. The molecule has 0 aliphatic rings. The first-order valence-corrected chi connectivity index (χ1v) is 3.32. The van der Waals surface area contributed by atoms with Gasteiger partial charge in [-0.1, -0.05) is 0 Å². The molecule has 6 heteroatoms. The molecule has 1 aromatic rings. The van der Waals surface area contributed by atoms with Crippen LogP contribution < -0.4 is 0 Å². The number of halogens is 3. The van der Waals surface area contributed by atoms with Gasteiger partial charge in [0.15, 0.2) is 0 Å². The molecule has 0 saturated heterocycles. The second-order valence-corrected chi connectivity index (χ2v) is 2.42. The molecule has 0 fully saturated rings. The molecule has 0 spiro atoms. The minimum atomic E-state index is -4.49. The van der Waals surface area contributed by atoms with E-state index in [2.05, 4.69) is 10.2 Å². The van der Waals surface area contributed by atoms with E-state index < -0.39 is 11.7 Å². The lowest BCUT2D eigenvalue weighted by Crippen LogP contribution is -2.08. The summed E-state index contributed by atoms with van der Waals surface area (Å²) in [6.45, 7) is 1.22. The van der Waals surface area contributed by atoms with Gasteiger partial charge in [-0.15, -0.1) is 4.91 Å². The van der Waals surface area contributed by atoms with Gasteiger partial charge < -0.3 is 0 Å². The molecule has 3 nitrogen and oxygen atoms in total. The van der Waals surface area contributed by atoms with Gasteiger partial charge in [0.2, 0.25) is 0 Å². The van der Waals surface area contributed by atoms with Crippen molar-refractivity contribution in [1.82, 2.24) is 4.98 Å². The van der Waals surface area contributed by atoms with E-state index in [1.54, 1.807) is 0 Å². The molecule has 0 aromatic carbocycles. The fraction of sp³-hybridized carbons (Fsp3) is 0.286. The van der Waals surface area contributed by atoms with Crippen molar-refractivity contribution in [2.45, 2.75) is 13.1 Å². The number of hydrogen-bond donors (Lipinski definition) is 0. The first-order chi connectivity index (χ1) is 5.95.